The van der Waals surface area contributed by atoms with Crippen LogP contribution in [0.3, 0.4) is 0 Å². The first-order valence-electron chi connectivity index (χ1n) is 18.8. The molecule has 0 spiro atoms. The number of nitroso groups, excluding NO2 is 1. The largest absolute Gasteiger partial charge is 0.459 e. The lowest BCUT2D eigenvalue weighted by molar-refractivity contribution is -0.318. The molecule has 0 saturated carbocycles. The summed E-state index contributed by atoms with van der Waals surface area (Å²) >= 11 is 0. The highest BCUT2D eigenvalue weighted by molar-refractivity contribution is 5.73. The molecule has 3 aliphatic heterocycles. The van der Waals surface area contributed by atoms with Gasteiger partial charge in [-0.05, 0) is 80.8 Å². The van der Waals surface area contributed by atoms with Gasteiger partial charge in [-0.2, -0.15) is 4.91 Å². The molecule has 5 N–H and O–H groups in total. The lowest BCUT2D eigenvalue weighted by Gasteiger charge is -2.49. The van der Waals surface area contributed by atoms with Gasteiger partial charge in [-0.3, -0.25) is 4.79 Å². The van der Waals surface area contributed by atoms with Gasteiger partial charge in [-0.25, -0.2) is 0 Å². The number of carbonyl (C=O) groups excluding carboxylic acids is 1. The molecule has 0 aliphatic carbocycles. The van der Waals surface area contributed by atoms with E-state index in [9.17, 15) is 35.2 Å². The summed E-state index contributed by atoms with van der Waals surface area (Å²) in [5.41, 5.74) is -4.80. The Kier molecular flexibility index (Phi) is 15.3. The second-order valence-corrected chi connectivity index (χ2v) is 16.8. The quantitative estimate of drug-likeness (QED) is 0.179. The van der Waals surface area contributed by atoms with Crippen molar-refractivity contribution in [3.05, 3.63) is 4.91 Å². The molecule has 3 fully saturated rings. The Labute approximate surface area is 309 Å². The number of aliphatic hydroxyl groups excluding tert-OH is 3. The zero-order valence-electron chi connectivity index (χ0n) is 33.5. The van der Waals surface area contributed by atoms with Crippen LogP contribution in [-0.2, 0) is 33.2 Å². The van der Waals surface area contributed by atoms with E-state index in [4.69, 9.17) is 28.4 Å². The number of likely N-dealkylation sites (N-methyl/N-ethyl adjacent to an activating group) is 1. The summed E-state index contributed by atoms with van der Waals surface area (Å²) in [7, 11) is 5.18. The molecule has 15 nitrogen and oxygen atoms in total. The fourth-order valence-corrected chi connectivity index (χ4v) is 8.79. The maximum Gasteiger partial charge on any atom is 0.311 e. The Balaban J connectivity index is 2.21. The van der Waals surface area contributed by atoms with E-state index < -0.39 is 108 Å². The SMILES string of the molecule is CC[C@H]1OC(=O)[C@H](C)[C@@H](OC2C[C@@](C)(OC)[C@@H](O)[C@H](C)O2)[C@H](C)[C@@H](O[C@@H]2O[C@H](C)C[C@H](N(C)C)[C@H]2O)[C@@](C)(O)C[C@@H](C)C(N=O)[C@H](C)[C@@H](O)[C@]1(C)O. The van der Waals surface area contributed by atoms with E-state index in [0.29, 0.717) is 6.42 Å². The third-order valence-electron chi connectivity index (χ3n) is 12.2. The molecule has 3 aliphatic rings. The molecule has 3 rings (SSSR count). The van der Waals surface area contributed by atoms with Gasteiger partial charge in [0.15, 0.2) is 12.6 Å². The van der Waals surface area contributed by atoms with Crippen molar-refractivity contribution in [1.29, 1.82) is 0 Å². The van der Waals surface area contributed by atoms with Crippen molar-refractivity contribution < 1.29 is 58.7 Å². The first-order chi connectivity index (χ1) is 24.0. The molecular weight excluding hydrogens is 680 g/mol. The van der Waals surface area contributed by atoms with E-state index in [1.165, 1.54) is 14.0 Å². The molecule has 0 bridgehead atoms. The second kappa shape index (κ2) is 17.6. The van der Waals surface area contributed by atoms with Crippen LogP contribution in [0.2, 0.25) is 0 Å². The number of nitrogens with zero attached hydrogens (tertiary/aromatic N) is 2. The molecule has 3 saturated heterocycles. The average molecular weight is 749 g/mol. The van der Waals surface area contributed by atoms with E-state index >= 15 is 0 Å². The molecule has 15 heteroatoms. The predicted molar refractivity (Wildman–Crippen MR) is 191 cm³/mol. The van der Waals surface area contributed by atoms with Crippen molar-refractivity contribution in [2.75, 3.05) is 21.2 Å². The molecule has 0 aromatic rings. The molecule has 0 radical (unpaired) electrons. The molecule has 52 heavy (non-hydrogen) atoms. The van der Waals surface area contributed by atoms with Crippen LogP contribution < -0.4 is 0 Å². The predicted octanol–water partition coefficient (Wildman–Crippen LogP) is 2.35. The van der Waals surface area contributed by atoms with Crippen LogP contribution in [0.5, 0.6) is 0 Å². The molecule has 0 aromatic carbocycles. The van der Waals surface area contributed by atoms with Crippen molar-refractivity contribution in [3.63, 3.8) is 0 Å². The van der Waals surface area contributed by atoms with Gasteiger partial charge in [0.2, 0.25) is 0 Å². The molecule has 0 aromatic heterocycles. The van der Waals surface area contributed by atoms with E-state index in [-0.39, 0.29) is 31.4 Å². The fourth-order valence-electron chi connectivity index (χ4n) is 8.79. The van der Waals surface area contributed by atoms with Gasteiger partial charge < -0.3 is 58.9 Å². The van der Waals surface area contributed by atoms with Crippen LogP contribution in [0, 0.1) is 28.6 Å². The van der Waals surface area contributed by atoms with Crippen molar-refractivity contribution in [1.82, 2.24) is 4.90 Å². The van der Waals surface area contributed by atoms with E-state index in [0.717, 1.165) is 0 Å². The molecule has 0 amide bonds. The minimum absolute atomic E-state index is 0.0687. The summed E-state index contributed by atoms with van der Waals surface area (Å²) in [6.45, 7) is 16.6. The second-order valence-electron chi connectivity index (χ2n) is 16.8. The van der Waals surface area contributed by atoms with Crippen LogP contribution in [-0.4, -0.2) is 148 Å². The fraction of sp³-hybridized carbons (Fsp3) is 0.973. The number of hydrogen-bond donors (Lipinski definition) is 5. The highest BCUT2D eigenvalue weighted by atomic mass is 16.7. The lowest BCUT2D eigenvalue weighted by atomic mass is 9.72. The number of esters is 1. The van der Waals surface area contributed by atoms with Gasteiger partial charge in [0.1, 0.15) is 23.9 Å². The average Bonchev–Trinajstić information content (AvgIpc) is 3.06. The van der Waals surface area contributed by atoms with E-state index in [1.807, 2.05) is 25.9 Å². The minimum Gasteiger partial charge on any atom is -0.459 e. The number of aliphatic hydroxyl groups is 5. The summed E-state index contributed by atoms with van der Waals surface area (Å²) in [5.74, 6) is -4.21. The van der Waals surface area contributed by atoms with Crippen LogP contribution >= 0.6 is 0 Å². The third-order valence-corrected chi connectivity index (χ3v) is 12.2. The van der Waals surface area contributed by atoms with Crippen molar-refractivity contribution >= 4 is 5.97 Å². The molecule has 3 heterocycles. The summed E-state index contributed by atoms with van der Waals surface area (Å²) in [6, 6.07) is -1.40. The van der Waals surface area contributed by atoms with Crippen LogP contribution in [0.4, 0.5) is 0 Å². The summed E-state index contributed by atoms with van der Waals surface area (Å²) < 4.78 is 37.2. The Hall–Kier alpha value is -1.37. The van der Waals surface area contributed by atoms with Crippen molar-refractivity contribution in [2.24, 2.45) is 28.8 Å². The standard InChI is InChI=1S/C37H68N2O13/c1-14-25-37(10,45)30(41)20(4)27(38-46)18(2)16-35(8,44)32(52-34-28(40)24(39(11)12)15-19(3)48-34)21(5)29(22(6)33(43)50-25)51-26-17-36(9,47-13)31(42)23(7)49-26/h18-32,34,40-42,44-45H,14-17H2,1-13H3/t18-,19-,20+,21+,22-,23+,24+,25-,26?,27?,28-,29+,30-,31+,32-,34+,35+,36-,37-/m1/s1. The maximum absolute atomic E-state index is 14.1. The first-order valence-corrected chi connectivity index (χ1v) is 18.8. The van der Waals surface area contributed by atoms with Crippen LogP contribution in [0.25, 0.3) is 0 Å². The summed E-state index contributed by atoms with van der Waals surface area (Å²) in [6.07, 6.45) is -9.58. The number of ether oxygens (including phenoxy) is 6. The Morgan fingerprint density at radius 1 is 0.923 bits per heavy atom. The first kappa shape index (κ1) is 45.0. The van der Waals surface area contributed by atoms with Gasteiger partial charge in [0, 0.05) is 31.4 Å². The Morgan fingerprint density at radius 2 is 1.54 bits per heavy atom. The van der Waals surface area contributed by atoms with Crippen molar-refractivity contribution in [2.45, 2.75) is 185 Å². The number of hydrogen-bond acceptors (Lipinski definition) is 15. The Morgan fingerprint density at radius 3 is 2.08 bits per heavy atom. The number of carbonyl (C=O) groups is 1. The monoisotopic (exact) mass is 748 g/mol. The van der Waals surface area contributed by atoms with E-state index in [2.05, 4.69) is 5.18 Å². The molecule has 2 unspecified atom stereocenters. The van der Waals surface area contributed by atoms with Crippen molar-refractivity contribution in [3.8, 4) is 0 Å². The molecular formula is C37H68N2O13. The topological polar surface area (TPSA) is 206 Å². The summed E-state index contributed by atoms with van der Waals surface area (Å²) in [4.78, 5) is 28.4. The molecule has 19 atom stereocenters. The zero-order chi connectivity index (χ0) is 39.7. The smallest absolute Gasteiger partial charge is 0.311 e. The zero-order valence-corrected chi connectivity index (χ0v) is 33.5. The van der Waals surface area contributed by atoms with Gasteiger partial charge in [0.25, 0.3) is 0 Å². The van der Waals surface area contributed by atoms with Gasteiger partial charge >= 0.3 is 5.97 Å². The molecule has 304 valence electrons. The third kappa shape index (κ3) is 9.52. The van der Waals surface area contributed by atoms with Crippen LogP contribution in [0.15, 0.2) is 5.18 Å². The van der Waals surface area contributed by atoms with Crippen LogP contribution in [0.1, 0.15) is 94.9 Å². The number of methoxy groups -OCH3 is 1. The van der Waals surface area contributed by atoms with Gasteiger partial charge in [0.05, 0.1) is 53.7 Å². The number of cyclic esters (lactones) is 1. The normalized spacial score (nSPS) is 50.3. The Bertz CT molecular complexity index is 1170. The number of rotatable bonds is 8. The summed E-state index contributed by atoms with van der Waals surface area (Å²) in [5, 5.41) is 61.4. The maximum atomic E-state index is 14.1. The van der Waals surface area contributed by atoms with E-state index in [1.54, 1.807) is 55.4 Å². The lowest BCUT2D eigenvalue weighted by Crippen LogP contribution is -2.61. The minimum atomic E-state index is -1.97. The highest BCUT2D eigenvalue weighted by Crippen LogP contribution is 2.41. The van der Waals surface area contributed by atoms with Gasteiger partial charge in [-0.15, -0.1) is 0 Å². The highest BCUT2D eigenvalue weighted by Gasteiger charge is 2.54. The van der Waals surface area contributed by atoms with Gasteiger partial charge in [-0.1, -0.05) is 32.9 Å².